The van der Waals surface area contributed by atoms with Crippen molar-refractivity contribution in [2.75, 3.05) is 20.6 Å². The summed E-state index contributed by atoms with van der Waals surface area (Å²) in [5, 5.41) is 2.35. The molecule has 154 valence electrons. The van der Waals surface area contributed by atoms with Crippen molar-refractivity contribution in [2.24, 2.45) is 5.41 Å². The van der Waals surface area contributed by atoms with Gasteiger partial charge in [-0.25, -0.2) is 4.79 Å². The molecule has 0 saturated carbocycles. The first-order chi connectivity index (χ1) is 14.2. The fraction of sp³-hybridized carbons (Fsp3) is 0.375. The molecule has 1 aliphatic rings. The lowest BCUT2D eigenvalue weighted by Gasteiger charge is -2.30. The van der Waals surface area contributed by atoms with E-state index in [4.69, 9.17) is 0 Å². The number of fused-ring (bicyclic) bond motifs is 5. The van der Waals surface area contributed by atoms with Gasteiger partial charge in [-0.05, 0) is 50.7 Å². The van der Waals surface area contributed by atoms with Crippen LogP contribution in [0.5, 0.6) is 0 Å². The molecule has 4 aromatic rings. The zero-order valence-corrected chi connectivity index (χ0v) is 17.8. The summed E-state index contributed by atoms with van der Waals surface area (Å²) in [5.41, 5.74) is 2.22. The third-order valence-electron chi connectivity index (χ3n) is 6.59. The van der Waals surface area contributed by atoms with E-state index < -0.39 is 0 Å². The number of nitrogens with zero attached hydrogens (tertiary/aromatic N) is 3. The average Bonchev–Trinajstić information content (AvgIpc) is 3.04. The minimum atomic E-state index is -0.382. The minimum Gasteiger partial charge on any atom is -0.308 e. The van der Waals surface area contributed by atoms with Crippen LogP contribution in [-0.2, 0) is 13.0 Å². The van der Waals surface area contributed by atoms with Crippen LogP contribution in [0.15, 0.2) is 39.9 Å². The Hall–Kier alpha value is -2.99. The number of Topliss-reactive ketones (excluding diaryl/α,β-unsaturated/α-hetero) is 1. The van der Waals surface area contributed by atoms with Crippen molar-refractivity contribution < 1.29 is 4.79 Å². The smallest absolute Gasteiger partial charge is 0.308 e. The highest BCUT2D eigenvalue weighted by Crippen LogP contribution is 2.41. The molecule has 2 aromatic carbocycles. The standard InChI is InChI=1S/C24H25N3O3/c1-24(2)11-10-14-15(21(24)28)8-9-18-19(14)16-6-5-7-17-20(16)27(18)23(30)26(22(17)29)13-12-25(3)4/h5-9H,10-13H2,1-4H3. The number of hydrogen-bond donors (Lipinski definition) is 0. The average molecular weight is 403 g/mol. The second kappa shape index (κ2) is 6.25. The van der Waals surface area contributed by atoms with Crippen molar-refractivity contribution in [1.82, 2.24) is 13.9 Å². The van der Waals surface area contributed by atoms with Gasteiger partial charge in [-0.15, -0.1) is 0 Å². The van der Waals surface area contributed by atoms with E-state index in [1.54, 1.807) is 10.5 Å². The van der Waals surface area contributed by atoms with Gasteiger partial charge >= 0.3 is 5.69 Å². The van der Waals surface area contributed by atoms with Crippen molar-refractivity contribution in [2.45, 2.75) is 33.2 Å². The summed E-state index contributed by atoms with van der Waals surface area (Å²) in [7, 11) is 3.84. The predicted molar refractivity (Wildman–Crippen MR) is 119 cm³/mol. The molecule has 0 bridgehead atoms. The Morgan fingerprint density at radius 2 is 1.77 bits per heavy atom. The number of rotatable bonds is 3. The molecule has 1 aliphatic carbocycles. The van der Waals surface area contributed by atoms with Crippen LogP contribution in [0.1, 0.15) is 36.2 Å². The first kappa shape index (κ1) is 19.0. The lowest BCUT2D eigenvalue weighted by molar-refractivity contribution is 0.0812. The van der Waals surface area contributed by atoms with Crippen LogP contribution in [0.3, 0.4) is 0 Å². The van der Waals surface area contributed by atoms with Crippen LogP contribution in [0, 0.1) is 5.41 Å². The fourth-order valence-corrected chi connectivity index (χ4v) is 4.84. The molecular formula is C24H25N3O3. The Kier molecular flexibility index (Phi) is 3.96. The van der Waals surface area contributed by atoms with Crippen LogP contribution in [0.4, 0.5) is 0 Å². The maximum absolute atomic E-state index is 13.4. The topological polar surface area (TPSA) is 63.8 Å². The Balaban J connectivity index is 1.93. The summed E-state index contributed by atoms with van der Waals surface area (Å²) in [6.45, 7) is 4.91. The minimum absolute atomic E-state index is 0.146. The van der Waals surface area contributed by atoms with Gasteiger partial charge < -0.3 is 4.90 Å². The van der Waals surface area contributed by atoms with E-state index in [2.05, 4.69) is 0 Å². The van der Waals surface area contributed by atoms with Crippen LogP contribution < -0.4 is 11.2 Å². The quantitative estimate of drug-likeness (QED) is 0.528. The van der Waals surface area contributed by atoms with Crippen molar-refractivity contribution in [3.05, 3.63) is 62.3 Å². The Morgan fingerprint density at radius 1 is 1.03 bits per heavy atom. The van der Waals surface area contributed by atoms with Crippen LogP contribution in [0.2, 0.25) is 0 Å². The van der Waals surface area contributed by atoms with Gasteiger partial charge in [0.25, 0.3) is 5.56 Å². The SMILES string of the molecule is CN(C)CCn1c(=O)c2cccc3c4c5c(ccc4n(c1=O)c23)C(=O)C(C)(C)CC5. The third kappa shape index (κ3) is 2.43. The number of benzene rings is 2. The fourth-order valence-electron chi connectivity index (χ4n) is 4.84. The van der Waals surface area contributed by atoms with E-state index >= 15 is 0 Å². The summed E-state index contributed by atoms with van der Waals surface area (Å²) < 4.78 is 3.00. The molecule has 2 aromatic heterocycles. The lowest BCUT2D eigenvalue weighted by Crippen LogP contribution is -2.39. The van der Waals surface area contributed by atoms with Gasteiger partial charge in [0.1, 0.15) is 0 Å². The number of ketones is 1. The zero-order valence-electron chi connectivity index (χ0n) is 17.8. The highest BCUT2D eigenvalue weighted by molar-refractivity contribution is 6.18. The Labute approximate surface area is 173 Å². The molecule has 0 fully saturated rings. The normalized spacial score (nSPS) is 16.2. The molecule has 0 unspecified atom stereocenters. The van der Waals surface area contributed by atoms with Crippen LogP contribution >= 0.6 is 0 Å². The van der Waals surface area contributed by atoms with Crippen LogP contribution in [-0.4, -0.2) is 40.3 Å². The first-order valence-corrected chi connectivity index (χ1v) is 10.4. The first-order valence-electron chi connectivity index (χ1n) is 10.4. The molecule has 6 nitrogen and oxygen atoms in total. The molecule has 0 atom stereocenters. The highest BCUT2D eigenvalue weighted by atomic mass is 16.2. The number of hydrogen-bond acceptors (Lipinski definition) is 4. The summed E-state index contributed by atoms with van der Waals surface area (Å²) in [6.07, 6.45) is 1.55. The maximum Gasteiger partial charge on any atom is 0.336 e. The summed E-state index contributed by atoms with van der Waals surface area (Å²) in [5.74, 6) is 0.146. The molecule has 5 rings (SSSR count). The molecule has 0 aliphatic heterocycles. The van der Waals surface area contributed by atoms with Crippen molar-refractivity contribution >= 4 is 33.0 Å². The van der Waals surface area contributed by atoms with E-state index in [9.17, 15) is 14.4 Å². The summed E-state index contributed by atoms with van der Waals surface area (Å²) in [4.78, 5) is 41.6. The molecule has 0 amide bonds. The maximum atomic E-state index is 13.4. The van der Waals surface area contributed by atoms with E-state index in [1.807, 2.05) is 57.1 Å². The van der Waals surface area contributed by atoms with Gasteiger partial charge in [0, 0.05) is 34.8 Å². The number of aromatic nitrogens is 2. The molecule has 0 radical (unpaired) electrons. The molecule has 6 heteroatoms. The number of likely N-dealkylation sites (N-methyl/N-ethyl adjacent to an activating group) is 1. The molecule has 0 N–H and O–H groups in total. The molecule has 0 spiro atoms. The van der Waals surface area contributed by atoms with E-state index in [-0.39, 0.29) is 22.4 Å². The van der Waals surface area contributed by atoms with Gasteiger partial charge in [0.15, 0.2) is 5.78 Å². The number of carbonyl (C=O) groups is 1. The van der Waals surface area contributed by atoms with Gasteiger partial charge in [-0.2, -0.15) is 0 Å². The van der Waals surface area contributed by atoms with Crippen molar-refractivity contribution in [3.63, 3.8) is 0 Å². The highest BCUT2D eigenvalue weighted by Gasteiger charge is 2.35. The van der Waals surface area contributed by atoms with Crippen molar-refractivity contribution in [3.8, 4) is 0 Å². The largest absolute Gasteiger partial charge is 0.336 e. The van der Waals surface area contributed by atoms with Gasteiger partial charge in [0.2, 0.25) is 0 Å². The van der Waals surface area contributed by atoms with Crippen molar-refractivity contribution in [1.29, 1.82) is 0 Å². The predicted octanol–water partition coefficient (Wildman–Crippen LogP) is 2.92. The van der Waals surface area contributed by atoms with Gasteiger partial charge in [0.05, 0.1) is 16.4 Å². The summed E-state index contributed by atoms with van der Waals surface area (Å²) in [6, 6.07) is 9.34. The lowest BCUT2D eigenvalue weighted by atomic mass is 9.72. The van der Waals surface area contributed by atoms with E-state index in [0.717, 1.165) is 40.3 Å². The molecule has 2 heterocycles. The zero-order chi connectivity index (χ0) is 21.4. The van der Waals surface area contributed by atoms with E-state index in [0.29, 0.717) is 24.0 Å². The molecular weight excluding hydrogens is 378 g/mol. The summed E-state index contributed by atoms with van der Waals surface area (Å²) >= 11 is 0. The number of carbonyl (C=O) groups excluding carboxylic acids is 1. The second-order valence-corrected chi connectivity index (χ2v) is 9.28. The van der Waals surface area contributed by atoms with Crippen LogP contribution in [0.25, 0.3) is 27.2 Å². The van der Waals surface area contributed by atoms with Gasteiger partial charge in [-0.1, -0.05) is 26.0 Å². The monoisotopic (exact) mass is 403 g/mol. The van der Waals surface area contributed by atoms with Gasteiger partial charge in [-0.3, -0.25) is 18.6 Å². The number of para-hydroxylation sites is 1. The number of aryl methyl sites for hydroxylation is 1. The van der Waals surface area contributed by atoms with E-state index in [1.165, 1.54) is 4.57 Å². The third-order valence-corrected chi connectivity index (χ3v) is 6.59. The molecule has 0 saturated heterocycles. The second-order valence-electron chi connectivity index (χ2n) is 9.28. The molecule has 30 heavy (non-hydrogen) atoms. The Morgan fingerprint density at radius 3 is 2.50 bits per heavy atom. The Bertz CT molecular complexity index is 1460.